The molecular formula is C19H16FN3O2. The maximum absolute atomic E-state index is 13.5. The number of oxazole rings is 1. The van der Waals surface area contributed by atoms with Crippen molar-refractivity contribution < 1.29 is 13.5 Å². The van der Waals surface area contributed by atoms with E-state index in [9.17, 15) is 9.65 Å². The number of para-hydroxylation sites is 1. The van der Waals surface area contributed by atoms with Crippen molar-refractivity contribution in [2.24, 2.45) is 0 Å². The Morgan fingerprint density at radius 2 is 1.96 bits per heavy atom. The SMILES string of the molecule is Cc1ccc(CNc2oc(COc3ccccc3F)nc2C#N)cc1. The van der Waals surface area contributed by atoms with E-state index in [1.807, 2.05) is 37.3 Å². The first-order valence-electron chi connectivity index (χ1n) is 7.72. The van der Waals surface area contributed by atoms with Gasteiger partial charge in [-0.05, 0) is 24.6 Å². The van der Waals surface area contributed by atoms with E-state index < -0.39 is 5.82 Å². The smallest absolute Gasteiger partial charge is 0.236 e. The minimum Gasteiger partial charge on any atom is -0.481 e. The third-order valence-corrected chi connectivity index (χ3v) is 3.54. The molecule has 0 aliphatic rings. The molecule has 0 unspecified atom stereocenters. The Hall–Kier alpha value is -3.33. The molecule has 3 aromatic rings. The third-order valence-electron chi connectivity index (χ3n) is 3.54. The van der Waals surface area contributed by atoms with Crippen LogP contribution in [0.1, 0.15) is 22.7 Å². The number of halogens is 1. The fourth-order valence-corrected chi connectivity index (χ4v) is 2.21. The van der Waals surface area contributed by atoms with Crippen LogP contribution in [0.2, 0.25) is 0 Å². The number of nitrogens with one attached hydrogen (secondary N) is 1. The van der Waals surface area contributed by atoms with Gasteiger partial charge in [0.05, 0.1) is 0 Å². The summed E-state index contributed by atoms with van der Waals surface area (Å²) in [5.74, 6) is 0.113. The number of benzene rings is 2. The van der Waals surface area contributed by atoms with Gasteiger partial charge in [0.25, 0.3) is 0 Å². The van der Waals surface area contributed by atoms with Crippen molar-refractivity contribution in [1.29, 1.82) is 5.26 Å². The van der Waals surface area contributed by atoms with Gasteiger partial charge in [0.1, 0.15) is 6.07 Å². The number of hydrogen-bond acceptors (Lipinski definition) is 5. The molecule has 6 heteroatoms. The number of hydrogen-bond donors (Lipinski definition) is 1. The molecule has 0 radical (unpaired) electrons. The van der Waals surface area contributed by atoms with Crippen molar-refractivity contribution in [2.45, 2.75) is 20.1 Å². The number of nitrogens with zero attached hydrogens (tertiary/aromatic N) is 2. The fraction of sp³-hybridized carbons (Fsp3) is 0.158. The van der Waals surface area contributed by atoms with Crippen molar-refractivity contribution in [3.05, 3.63) is 77.1 Å². The molecular weight excluding hydrogens is 321 g/mol. The van der Waals surface area contributed by atoms with Gasteiger partial charge < -0.3 is 14.5 Å². The second-order valence-corrected chi connectivity index (χ2v) is 5.46. The summed E-state index contributed by atoms with van der Waals surface area (Å²) in [4.78, 5) is 4.06. The number of ether oxygens (including phenoxy) is 1. The molecule has 1 aromatic heterocycles. The summed E-state index contributed by atoms with van der Waals surface area (Å²) in [6, 6.07) is 16.0. The van der Waals surface area contributed by atoms with E-state index in [0.29, 0.717) is 6.54 Å². The van der Waals surface area contributed by atoms with E-state index >= 15 is 0 Å². The van der Waals surface area contributed by atoms with Gasteiger partial charge in [-0.15, -0.1) is 0 Å². The molecule has 2 aromatic carbocycles. The molecule has 126 valence electrons. The van der Waals surface area contributed by atoms with E-state index in [0.717, 1.165) is 5.56 Å². The molecule has 0 amide bonds. The molecule has 0 saturated heterocycles. The van der Waals surface area contributed by atoms with Crippen molar-refractivity contribution in [2.75, 3.05) is 5.32 Å². The zero-order valence-electron chi connectivity index (χ0n) is 13.6. The van der Waals surface area contributed by atoms with Crippen LogP contribution in [0, 0.1) is 24.1 Å². The Balaban J connectivity index is 1.66. The van der Waals surface area contributed by atoms with E-state index in [-0.39, 0.29) is 29.8 Å². The second kappa shape index (κ2) is 7.49. The van der Waals surface area contributed by atoms with E-state index in [4.69, 9.17) is 9.15 Å². The Morgan fingerprint density at radius 1 is 1.20 bits per heavy atom. The average Bonchev–Trinajstić information content (AvgIpc) is 3.03. The average molecular weight is 337 g/mol. The lowest BCUT2D eigenvalue weighted by molar-refractivity contribution is 0.253. The van der Waals surface area contributed by atoms with Crippen LogP contribution < -0.4 is 10.1 Å². The Bertz CT molecular complexity index is 898. The Labute approximate surface area is 144 Å². The zero-order valence-corrected chi connectivity index (χ0v) is 13.6. The van der Waals surface area contributed by atoms with E-state index in [2.05, 4.69) is 10.3 Å². The highest BCUT2D eigenvalue weighted by molar-refractivity contribution is 5.45. The molecule has 0 aliphatic carbocycles. The van der Waals surface area contributed by atoms with Crippen LogP contribution in [0.3, 0.4) is 0 Å². The summed E-state index contributed by atoms with van der Waals surface area (Å²) in [5.41, 5.74) is 2.36. The van der Waals surface area contributed by atoms with Gasteiger partial charge in [0.2, 0.25) is 17.5 Å². The summed E-state index contributed by atoms with van der Waals surface area (Å²) in [6.07, 6.45) is 0. The second-order valence-electron chi connectivity index (χ2n) is 5.46. The topological polar surface area (TPSA) is 71.1 Å². The van der Waals surface area contributed by atoms with Crippen molar-refractivity contribution in [3.8, 4) is 11.8 Å². The first-order chi connectivity index (χ1) is 12.2. The number of nitriles is 1. The first-order valence-corrected chi connectivity index (χ1v) is 7.72. The lowest BCUT2D eigenvalue weighted by Crippen LogP contribution is -1.99. The molecule has 0 bridgehead atoms. The predicted molar refractivity (Wildman–Crippen MR) is 90.5 cm³/mol. The standard InChI is InChI=1S/C19H16FN3O2/c1-13-6-8-14(9-7-13)11-22-19-16(10-21)23-18(25-19)12-24-17-5-3-2-4-15(17)20/h2-9,22H,11-12H2,1H3. The highest BCUT2D eigenvalue weighted by Crippen LogP contribution is 2.21. The largest absolute Gasteiger partial charge is 0.481 e. The molecule has 25 heavy (non-hydrogen) atoms. The minimum absolute atomic E-state index is 0.0676. The highest BCUT2D eigenvalue weighted by Gasteiger charge is 2.14. The molecule has 1 heterocycles. The first kappa shape index (κ1) is 16.5. The third kappa shape index (κ3) is 4.15. The van der Waals surface area contributed by atoms with Crippen LogP contribution in [-0.2, 0) is 13.2 Å². The molecule has 5 nitrogen and oxygen atoms in total. The van der Waals surface area contributed by atoms with Gasteiger partial charge in [0.15, 0.2) is 18.2 Å². The number of aromatic nitrogens is 1. The molecule has 0 saturated carbocycles. The highest BCUT2D eigenvalue weighted by atomic mass is 19.1. The van der Waals surface area contributed by atoms with Crippen LogP contribution in [0.5, 0.6) is 5.75 Å². The minimum atomic E-state index is -0.465. The van der Waals surface area contributed by atoms with Crippen LogP contribution in [0.25, 0.3) is 0 Å². The van der Waals surface area contributed by atoms with Gasteiger partial charge >= 0.3 is 0 Å². The van der Waals surface area contributed by atoms with Crippen LogP contribution in [0.4, 0.5) is 10.3 Å². The maximum atomic E-state index is 13.5. The normalized spacial score (nSPS) is 10.3. The quantitative estimate of drug-likeness (QED) is 0.730. The van der Waals surface area contributed by atoms with Crippen molar-refractivity contribution >= 4 is 5.88 Å². The number of anilines is 1. The predicted octanol–water partition coefficient (Wildman–Crippen LogP) is 4.18. The molecule has 0 aliphatic heterocycles. The molecule has 0 fully saturated rings. The summed E-state index contributed by atoms with van der Waals surface area (Å²) in [5, 5.41) is 12.2. The molecule has 1 N–H and O–H groups in total. The van der Waals surface area contributed by atoms with E-state index in [1.165, 1.54) is 17.7 Å². The summed E-state index contributed by atoms with van der Waals surface area (Å²) in [6.45, 7) is 2.45. The monoisotopic (exact) mass is 337 g/mol. The lowest BCUT2D eigenvalue weighted by Gasteiger charge is -2.05. The van der Waals surface area contributed by atoms with Gasteiger partial charge in [-0.1, -0.05) is 42.0 Å². The summed E-state index contributed by atoms with van der Waals surface area (Å²) >= 11 is 0. The van der Waals surface area contributed by atoms with Crippen LogP contribution >= 0.6 is 0 Å². The van der Waals surface area contributed by atoms with Gasteiger partial charge in [0, 0.05) is 6.54 Å². The van der Waals surface area contributed by atoms with Crippen molar-refractivity contribution in [3.63, 3.8) is 0 Å². The lowest BCUT2D eigenvalue weighted by atomic mass is 10.1. The van der Waals surface area contributed by atoms with Crippen LogP contribution in [-0.4, -0.2) is 4.98 Å². The van der Waals surface area contributed by atoms with Crippen molar-refractivity contribution in [1.82, 2.24) is 4.98 Å². The Morgan fingerprint density at radius 3 is 2.68 bits per heavy atom. The summed E-state index contributed by atoms with van der Waals surface area (Å²) in [7, 11) is 0. The van der Waals surface area contributed by atoms with Gasteiger partial charge in [-0.3, -0.25) is 0 Å². The van der Waals surface area contributed by atoms with E-state index in [1.54, 1.807) is 12.1 Å². The zero-order chi connectivity index (χ0) is 17.6. The number of aryl methyl sites for hydroxylation is 1. The Kier molecular flexibility index (Phi) is 4.95. The van der Waals surface area contributed by atoms with Gasteiger partial charge in [-0.25, -0.2) is 4.39 Å². The van der Waals surface area contributed by atoms with Crippen LogP contribution in [0.15, 0.2) is 52.9 Å². The molecule has 0 spiro atoms. The molecule has 0 atom stereocenters. The number of rotatable bonds is 6. The maximum Gasteiger partial charge on any atom is 0.236 e. The summed E-state index contributed by atoms with van der Waals surface area (Å²) < 4.78 is 24.4. The van der Waals surface area contributed by atoms with Gasteiger partial charge in [-0.2, -0.15) is 10.2 Å². The molecule has 3 rings (SSSR count). The fourth-order valence-electron chi connectivity index (χ4n) is 2.21.